The van der Waals surface area contributed by atoms with Crippen LogP contribution in [0.1, 0.15) is 32.4 Å². The van der Waals surface area contributed by atoms with Gasteiger partial charge in [0.1, 0.15) is 0 Å². The molecule has 0 aliphatic carbocycles. The molecule has 2 aromatic carbocycles. The Balaban J connectivity index is 1.79. The van der Waals surface area contributed by atoms with Crippen molar-refractivity contribution >= 4 is 44.6 Å². The van der Waals surface area contributed by atoms with Gasteiger partial charge in [-0.1, -0.05) is 23.7 Å². The van der Waals surface area contributed by atoms with E-state index in [0.29, 0.717) is 12.2 Å². The number of hydrogen-bond donors (Lipinski definition) is 2. The second-order valence-corrected chi connectivity index (χ2v) is 10.8. The number of sulfonamides is 1. The number of thiophene rings is 1. The summed E-state index contributed by atoms with van der Waals surface area (Å²) in [7, 11) is -0.0118. The first-order chi connectivity index (χ1) is 15.1. The fourth-order valence-electron chi connectivity index (χ4n) is 3.17. The molecule has 0 saturated heterocycles. The molecule has 0 aliphatic heterocycles. The molecule has 0 radical (unpaired) electrons. The van der Waals surface area contributed by atoms with Crippen LogP contribution in [-0.2, 0) is 10.0 Å². The number of nitrogens with zero attached hydrogens (tertiary/aromatic N) is 1. The van der Waals surface area contributed by atoms with Crippen LogP contribution in [0.5, 0.6) is 0 Å². The van der Waals surface area contributed by atoms with E-state index >= 15 is 0 Å². The third-order valence-corrected chi connectivity index (χ3v) is 7.88. The van der Waals surface area contributed by atoms with Crippen molar-refractivity contribution in [3.8, 4) is 0 Å². The van der Waals surface area contributed by atoms with Crippen molar-refractivity contribution in [2.45, 2.75) is 24.8 Å². The maximum absolute atomic E-state index is 12.9. The third kappa shape index (κ3) is 5.69. The summed E-state index contributed by atoms with van der Waals surface area (Å²) in [4.78, 5) is 16.0. The van der Waals surface area contributed by atoms with Crippen molar-refractivity contribution < 1.29 is 13.2 Å². The monoisotopic (exact) mass is 491 g/mol. The van der Waals surface area contributed by atoms with Crippen molar-refractivity contribution in [2.24, 2.45) is 0 Å². The van der Waals surface area contributed by atoms with Gasteiger partial charge in [0, 0.05) is 17.1 Å². The molecule has 0 spiro atoms. The minimum Gasteiger partial charge on any atom is -0.350 e. The highest BCUT2D eigenvalue weighted by molar-refractivity contribution is 7.92. The lowest BCUT2D eigenvalue weighted by Crippen LogP contribution is -2.34. The lowest BCUT2D eigenvalue weighted by molar-refractivity contribution is 0.0942. The van der Waals surface area contributed by atoms with E-state index in [4.69, 9.17) is 11.6 Å². The Morgan fingerprint density at radius 1 is 1.09 bits per heavy atom. The normalized spacial score (nSPS) is 12.6. The van der Waals surface area contributed by atoms with E-state index in [0.717, 1.165) is 16.0 Å². The van der Waals surface area contributed by atoms with Crippen molar-refractivity contribution in [2.75, 3.05) is 25.4 Å². The lowest BCUT2D eigenvalue weighted by Gasteiger charge is -2.23. The number of likely N-dealkylation sites (N-methyl/N-ethyl adjacent to an activating group) is 1. The molecular formula is C23H26ClN3O3S2. The quantitative estimate of drug-likeness (QED) is 0.472. The average Bonchev–Trinajstić information content (AvgIpc) is 3.25. The first kappa shape index (κ1) is 24.3. The van der Waals surface area contributed by atoms with Gasteiger partial charge < -0.3 is 10.2 Å². The molecule has 1 amide bonds. The van der Waals surface area contributed by atoms with Crippen LogP contribution in [0.25, 0.3) is 0 Å². The summed E-state index contributed by atoms with van der Waals surface area (Å²) in [6.07, 6.45) is 0. The van der Waals surface area contributed by atoms with Crippen LogP contribution in [0.15, 0.2) is 58.8 Å². The van der Waals surface area contributed by atoms with E-state index < -0.39 is 15.9 Å². The minimum atomic E-state index is -3.89. The largest absolute Gasteiger partial charge is 0.350 e. The number of hydrogen-bond acceptors (Lipinski definition) is 5. The van der Waals surface area contributed by atoms with E-state index in [1.807, 2.05) is 56.4 Å². The standard InChI is InChI=1S/C23H26ClN3O3S2/c1-15-7-8-17(12-16(15)2)26-32(29,30)18-9-10-20(24)19(13-18)23(28)25-14-21(27(3)4)22-6-5-11-31-22/h5-13,21,26H,14H2,1-4H3,(H,25,28). The molecule has 9 heteroatoms. The third-order valence-electron chi connectivity index (χ3n) is 5.20. The summed E-state index contributed by atoms with van der Waals surface area (Å²) in [6, 6.07) is 13.4. The molecule has 1 heterocycles. The molecule has 32 heavy (non-hydrogen) atoms. The summed E-state index contributed by atoms with van der Waals surface area (Å²) in [6.45, 7) is 4.23. The molecule has 1 atom stereocenters. The number of amides is 1. The van der Waals surface area contributed by atoms with Crippen LogP contribution in [0.3, 0.4) is 0 Å². The van der Waals surface area contributed by atoms with E-state index in [1.54, 1.807) is 23.5 Å². The number of rotatable bonds is 8. The van der Waals surface area contributed by atoms with Crippen molar-refractivity contribution in [1.29, 1.82) is 0 Å². The SMILES string of the molecule is Cc1ccc(NS(=O)(=O)c2ccc(Cl)c(C(=O)NCC(c3cccs3)N(C)C)c2)cc1C. The minimum absolute atomic E-state index is 0.00363. The highest BCUT2D eigenvalue weighted by Crippen LogP contribution is 2.25. The number of halogens is 1. The second-order valence-electron chi connectivity index (χ2n) is 7.75. The van der Waals surface area contributed by atoms with Gasteiger partial charge in [0.05, 0.1) is 21.5 Å². The second kappa shape index (κ2) is 10.0. The van der Waals surface area contributed by atoms with Gasteiger partial charge in [0.2, 0.25) is 0 Å². The average molecular weight is 492 g/mol. The predicted octanol–water partition coefficient (Wildman–Crippen LogP) is 4.85. The first-order valence-electron chi connectivity index (χ1n) is 9.96. The molecule has 6 nitrogen and oxygen atoms in total. The molecule has 1 aromatic heterocycles. The number of carbonyl (C=O) groups excluding carboxylic acids is 1. The van der Waals surface area contributed by atoms with Gasteiger partial charge in [0.15, 0.2) is 0 Å². The Hall–Kier alpha value is -2.39. The maximum atomic E-state index is 12.9. The number of benzene rings is 2. The van der Waals surface area contributed by atoms with Crippen molar-refractivity contribution in [1.82, 2.24) is 10.2 Å². The van der Waals surface area contributed by atoms with E-state index in [1.165, 1.54) is 18.2 Å². The summed E-state index contributed by atoms with van der Waals surface area (Å²) in [5.41, 5.74) is 2.61. The molecule has 0 aliphatic rings. The molecule has 2 N–H and O–H groups in total. The maximum Gasteiger partial charge on any atom is 0.261 e. The van der Waals surface area contributed by atoms with Gasteiger partial charge in [0.25, 0.3) is 15.9 Å². The molecule has 3 rings (SSSR count). The zero-order chi connectivity index (χ0) is 23.5. The summed E-state index contributed by atoms with van der Waals surface area (Å²) >= 11 is 7.84. The first-order valence-corrected chi connectivity index (χ1v) is 12.7. The van der Waals surface area contributed by atoms with Crippen LogP contribution in [0, 0.1) is 13.8 Å². The molecular weight excluding hydrogens is 466 g/mol. The van der Waals surface area contributed by atoms with Gasteiger partial charge >= 0.3 is 0 Å². The van der Waals surface area contributed by atoms with Gasteiger partial charge in [-0.2, -0.15) is 0 Å². The fraction of sp³-hybridized carbons (Fsp3) is 0.261. The van der Waals surface area contributed by atoms with Crippen molar-refractivity contribution in [3.05, 3.63) is 80.5 Å². The molecule has 0 bridgehead atoms. The number of nitrogens with one attached hydrogen (secondary N) is 2. The highest BCUT2D eigenvalue weighted by Gasteiger charge is 2.21. The van der Waals surface area contributed by atoms with Gasteiger partial charge in [-0.25, -0.2) is 8.42 Å². The van der Waals surface area contributed by atoms with Crippen LogP contribution < -0.4 is 10.0 Å². The Morgan fingerprint density at radius 3 is 2.47 bits per heavy atom. The van der Waals surface area contributed by atoms with Crippen LogP contribution in [0.2, 0.25) is 5.02 Å². The summed E-state index contributed by atoms with van der Waals surface area (Å²) in [5, 5.41) is 5.05. The van der Waals surface area contributed by atoms with Gasteiger partial charge in [-0.15, -0.1) is 11.3 Å². The topological polar surface area (TPSA) is 78.5 Å². The van der Waals surface area contributed by atoms with Gasteiger partial charge in [-0.05, 0) is 80.8 Å². The van der Waals surface area contributed by atoms with E-state index in [9.17, 15) is 13.2 Å². The van der Waals surface area contributed by atoms with E-state index in [-0.39, 0.29) is 21.5 Å². The number of anilines is 1. The zero-order valence-corrected chi connectivity index (χ0v) is 20.7. The smallest absolute Gasteiger partial charge is 0.261 e. The molecule has 170 valence electrons. The summed E-state index contributed by atoms with van der Waals surface area (Å²) in [5.74, 6) is -0.429. The Labute approximate surface area is 198 Å². The zero-order valence-electron chi connectivity index (χ0n) is 18.3. The van der Waals surface area contributed by atoms with Crippen LogP contribution in [-0.4, -0.2) is 39.9 Å². The predicted molar refractivity (Wildman–Crippen MR) is 131 cm³/mol. The Bertz CT molecular complexity index is 1210. The van der Waals surface area contributed by atoms with E-state index in [2.05, 4.69) is 10.0 Å². The summed E-state index contributed by atoms with van der Waals surface area (Å²) < 4.78 is 28.4. The Kier molecular flexibility index (Phi) is 7.61. The highest BCUT2D eigenvalue weighted by atomic mass is 35.5. The molecule has 0 saturated carbocycles. The Morgan fingerprint density at radius 2 is 1.84 bits per heavy atom. The van der Waals surface area contributed by atoms with Crippen LogP contribution >= 0.6 is 22.9 Å². The molecule has 1 unspecified atom stereocenters. The molecule has 3 aromatic rings. The lowest BCUT2D eigenvalue weighted by atomic mass is 10.1. The van der Waals surface area contributed by atoms with Crippen molar-refractivity contribution in [3.63, 3.8) is 0 Å². The fourth-order valence-corrected chi connectivity index (χ4v) is 5.37. The van der Waals surface area contributed by atoms with Gasteiger partial charge in [-0.3, -0.25) is 9.52 Å². The molecule has 0 fully saturated rings. The van der Waals surface area contributed by atoms with Crippen LogP contribution in [0.4, 0.5) is 5.69 Å². The number of aryl methyl sites for hydroxylation is 2. The number of carbonyl (C=O) groups is 1.